The normalized spacial score (nSPS) is 25.3. The van der Waals surface area contributed by atoms with Crippen molar-refractivity contribution >= 4 is 17.6 Å². The number of hydrogen-bond acceptors (Lipinski definition) is 5. The smallest absolute Gasteiger partial charge is 0.317 e. The second kappa shape index (κ2) is 13.1. The number of likely N-dealkylation sites (tertiary alicyclic amines) is 1. The Morgan fingerprint density at radius 3 is 2.82 bits per heavy atom. The van der Waals surface area contributed by atoms with Crippen molar-refractivity contribution in [3.63, 3.8) is 0 Å². The van der Waals surface area contributed by atoms with Gasteiger partial charge in [0, 0.05) is 57.4 Å². The summed E-state index contributed by atoms with van der Waals surface area (Å²) in [6.07, 6.45) is 7.31. The Labute approximate surface area is 209 Å². The number of nitrogens with zero attached hydrogens (tertiary/aromatic N) is 1. The molecule has 3 rings (SSSR count). The van der Waals surface area contributed by atoms with Crippen LogP contribution in [0.2, 0.25) is 5.02 Å². The van der Waals surface area contributed by atoms with Crippen LogP contribution in [0.25, 0.3) is 0 Å². The molecule has 3 atom stereocenters. The highest BCUT2D eigenvalue weighted by atomic mass is 35.5. The van der Waals surface area contributed by atoms with E-state index in [1.165, 1.54) is 0 Å². The van der Waals surface area contributed by atoms with Crippen molar-refractivity contribution in [1.82, 2.24) is 10.2 Å². The van der Waals surface area contributed by atoms with Crippen LogP contribution in [-0.4, -0.2) is 68.6 Å². The molecule has 192 valence electrons. The predicted octanol–water partition coefficient (Wildman–Crippen LogP) is 3.91. The number of hydrogen-bond donors (Lipinski definition) is 3. The van der Waals surface area contributed by atoms with Gasteiger partial charge in [0.1, 0.15) is 0 Å². The summed E-state index contributed by atoms with van der Waals surface area (Å²) in [6, 6.07) is 7.37. The van der Waals surface area contributed by atoms with Crippen LogP contribution >= 0.6 is 11.6 Å². The minimum Gasteiger partial charge on any atom is -0.385 e. The van der Waals surface area contributed by atoms with Crippen molar-refractivity contribution in [2.45, 2.75) is 69.1 Å². The number of halogens is 1. The van der Waals surface area contributed by atoms with Gasteiger partial charge in [-0.25, -0.2) is 4.79 Å². The summed E-state index contributed by atoms with van der Waals surface area (Å²) in [4.78, 5) is 15.0. The van der Waals surface area contributed by atoms with E-state index in [1.807, 2.05) is 29.2 Å². The highest BCUT2D eigenvalue weighted by Gasteiger charge is 2.41. The number of ether oxygens (including phenoxy) is 2. The number of aliphatic hydroxyl groups is 1. The number of piperidine rings is 1. The SMILES string of the molecule is COCCCC[C@@](O)(c1cccc(Cl)c1)[C@@H]1CCCN(C(=O)N[C@H](CN)CC2CC(OC)C2)C1. The second-order valence-electron chi connectivity index (χ2n) is 9.98. The number of carbonyl (C=O) groups is 1. The molecule has 1 saturated carbocycles. The zero-order valence-corrected chi connectivity index (χ0v) is 21.4. The first kappa shape index (κ1) is 27.2. The van der Waals surface area contributed by atoms with Crippen LogP contribution in [0.15, 0.2) is 24.3 Å². The summed E-state index contributed by atoms with van der Waals surface area (Å²) in [6.45, 7) is 2.27. The number of urea groups is 1. The van der Waals surface area contributed by atoms with Crippen molar-refractivity contribution in [1.29, 1.82) is 0 Å². The second-order valence-corrected chi connectivity index (χ2v) is 10.4. The van der Waals surface area contributed by atoms with Crippen LogP contribution in [0.4, 0.5) is 4.79 Å². The molecule has 2 amide bonds. The van der Waals surface area contributed by atoms with Crippen LogP contribution in [0.5, 0.6) is 0 Å². The Morgan fingerprint density at radius 1 is 1.35 bits per heavy atom. The van der Waals surface area contributed by atoms with E-state index in [1.54, 1.807) is 14.2 Å². The highest BCUT2D eigenvalue weighted by Crippen LogP contribution is 2.40. The van der Waals surface area contributed by atoms with E-state index in [2.05, 4.69) is 5.32 Å². The maximum Gasteiger partial charge on any atom is 0.317 e. The molecule has 1 aliphatic heterocycles. The van der Waals surface area contributed by atoms with E-state index in [4.69, 9.17) is 26.8 Å². The number of nitrogens with two attached hydrogens (primary N) is 1. The molecular formula is C26H42ClN3O4. The highest BCUT2D eigenvalue weighted by molar-refractivity contribution is 6.30. The first-order valence-corrected chi connectivity index (χ1v) is 13.0. The Kier molecular flexibility index (Phi) is 10.5. The molecule has 1 aliphatic carbocycles. The topological polar surface area (TPSA) is 97.1 Å². The number of unbranched alkanes of at least 4 members (excludes halogenated alkanes) is 1. The number of rotatable bonds is 12. The monoisotopic (exact) mass is 495 g/mol. The van der Waals surface area contributed by atoms with Gasteiger partial charge >= 0.3 is 6.03 Å². The van der Waals surface area contributed by atoms with Crippen LogP contribution in [-0.2, 0) is 15.1 Å². The lowest BCUT2D eigenvalue weighted by Gasteiger charge is -2.43. The third kappa shape index (κ3) is 7.08. The number of methoxy groups -OCH3 is 2. The summed E-state index contributed by atoms with van der Waals surface area (Å²) >= 11 is 6.28. The molecular weight excluding hydrogens is 454 g/mol. The predicted molar refractivity (Wildman–Crippen MR) is 135 cm³/mol. The molecule has 1 aromatic rings. The van der Waals surface area contributed by atoms with E-state index in [-0.39, 0.29) is 18.0 Å². The molecule has 0 unspecified atom stereocenters. The van der Waals surface area contributed by atoms with Crippen molar-refractivity contribution in [3.8, 4) is 0 Å². The summed E-state index contributed by atoms with van der Waals surface area (Å²) in [5.41, 5.74) is 5.76. The summed E-state index contributed by atoms with van der Waals surface area (Å²) < 4.78 is 10.6. The molecule has 2 fully saturated rings. The van der Waals surface area contributed by atoms with Gasteiger partial charge in [-0.2, -0.15) is 0 Å². The first-order chi connectivity index (χ1) is 16.4. The van der Waals surface area contributed by atoms with Gasteiger partial charge in [0.05, 0.1) is 11.7 Å². The Morgan fingerprint density at radius 2 is 2.15 bits per heavy atom. The molecule has 1 aromatic carbocycles. The van der Waals surface area contributed by atoms with Crippen molar-refractivity contribution in [2.24, 2.45) is 17.6 Å². The van der Waals surface area contributed by atoms with Gasteiger partial charge < -0.3 is 30.5 Å². The largest absolute Gasteiger partial charge is 0.385 e. The average molecular weight is 496 g/mol. The zero-order valence-electron chi connectivity index (χ0n) is 20.7. The molecule has 0 aromatic heterocycles. The summed E-state index contributed by atoms with van der Waals surface area (Å²) in [5, 5.41) is 15.7. The van der Waals surface area contributed by atoms with Crippen LogP contribution in [0.3, 0.4) is 0 Å². The fraction of sp³-hybridized carbons (Fsp3) is 0.731. The van der Waals surface area contributed by atoms with Gasteiger partial charge in [-0.15, -0.1) is 0 Å². The number of nitrogens with one attached hydrogen (secondary N) is 1. The zero-order chi connectivity index (χ0) is 24.6. The van der Waals surface area contributed by atoms with Gasteiger partial charge in [0.25, 0.3) is 0 Å². The maximum absolute atomic E-state index is 13.2. The van der Waals surface area contributed by atoms with E-state index < -0.39 is 5.60 Å². The van der Waals surface area contributed by atoms with Gasteiger partial charge in [-0.1, -0.05) is 23.7 Å². The summed E-state index contributed by atoms with van der Waals surface area (Å²) in [7, 11) is 3.44. The van der Waals surface area contributed by atoms with E-state index in [9.17, 15) is 9.90 Å². The molecule has 1 heterocycles. The Bertz CT molecular complexity index is 776. The number of amides is 2. The third-order valence-electron chi connectivity index (χ3n) is 7.62. The Hall–Kier alpha value is -1.38. The molecule has 4 N–H and O–H groups in total. The molecule has 0 radical (unpaired) electrons. The van der Waals surface area contributed by atoms with E-state index in [0.717, 1.165) is 50.5 Å². The lowest BCUT2D eigenvalue weighted by atomic mass is 9.74. The molecule has 7 nitrogen and oxygen atoms in total. The molecule has 0 spiro atoms. The standard InChI is InChI=1S/C26H42ClN3O4/c1-33-12-4-3-10-26(32,20-7-5-9-22(27)16-20)21-8-6-11-30(18-21)25(31)29-23(17-28)13-19-14-24(15-19)34-2/h5,7,9,16,19,21,23-24,32H,3-4,6,8,10-15,17-18,28H2,1-2H3,(H,29,31)/t19?,21-,23+,24?,26-/m1/s1. The minimum absolute atomic E-state index is 0.0449. The molecule has 2 aliphatic rings. The number of carbonyl (C=O) groups excluding carboxylic acids is 1. The van der Waals surface area contributed by atoms with Gasteiger partial charge in [-0.3, -0.25) is 0 Å². The fourth-order valence-corrected chi connectivity index (χ4v) is 5.67. The lowest BCUT2D eigenvalue weighted by molar-refractivity contribution is -0.0564. The number of benzene rings is 1. The van der Waals surface area contributed by atoms with Crippen LogP contribution < -0.4 is 11.1 Å². The van der Waals surface area contributed by atoms with Crippen molar-refractivity contribution in [3.05, 3.63) is 34.9 Å². The average Bonchev–Trinajstić information content (AvgIpc) is 2.82. The van der Waals surface area contributed by atoms with Crippen LogP contribution in [0, 0.1) is 11.8 Å². The quantitative estimate of drug-likeness (QED) is 0.382. The van der Waals surface area contributed by atoms with Crippen LogP contribution in [0.1, 0.15) is 56.9 Å². The van der Waals surface area contributed by atoms with Gasteiger partial charge in [0.2, 0.25) is 0 Å². The maximum atomic E-state index is 13.2. The van der Waals surface area contributed by atoms with E-state index in [0.29, 0.717) is 49.7 Å². The van der Waals surface area contributed by atoms with Gasteiger partial charge in [0.15, 0.2) is 0 Å². The van der Waals surface area contributed by atoms with E-state index >= 15 is 0 Å². The Balaban J connectivity index is 1.64. The fourth-order valence-electron chi connectivity index (χ4n) is 5.48. The molecule has 0 bridgehead atoms. The molecule has 8 heteroatoms. The third-order valence-corrected chi connectivity index (χ3v) is 7.86. The lowest BCUT2D eigenvalue weighted by Crippen LogP contribution is -2.54. The first-order valence-electron chi connectivity index (χ1n) is 12.6. The molecule has 1 saturated heterocycles. The molecule has 34 heavy (non-hydrogen) atoms. The minimum atomic E-state index is -1.05. The van der Waals surface area contributed by atoms with Gasteiger partial charge in [-0.05, 0) is 75.0 Å². The van der Waals surface area contributed by atoms with Crippen molar-refractivity contribution < 1.29 is 19.4 Å². The van der Waals surface area contributed by atoms with Crippen molar-refractivity contribution in [2.75, 3.05) is 40.5 Å². The summed E-state index contributed by atoms with van der Waals surface area (Å²) in [5.74, 6) is 0.478.